The van der Waals surface area contributed by atoms with Gasteiger partial charge in [-0.2, -0.15) is 0 Å². The topological polar surface area (TPSA) is 29.5 Å². The van der Waals surface area contributed by atoms with Crippen LogP contribution in [0.25, 0.3) is 10.8 Å². The van der Waals surface area contributed by atoms with Crippen molar-refractivity contribution in [2.75, 3.05) is 14.1 Å². The molecule has 1 unspecified atom stereocenters. The van der Waals surface area contributed by atoms with Crippen molar-refractivity contribution in [1.82, 2.24) is 4.90 Å². The largest absolute Gasteiger partial charge is 0.458 e. The number of carbonyl (C=O) groups is 1. The molecule has 4 heteroatoms. The summed E-state index contributed by atoms with van der Waals surface area (Å²) in [6.07, 6.45) is -0.363. The van der Waals surface area contributed by atoms with E-state index in [4.69, 9.17) is 16.3 Å². The van der Waals surface area contributed by atoms with Gasteiger partial charge in [-0.05, 0) is 49.5 Å². The van der Waals surface area contributed by atoms with E-state index < -0.39 is 0 Å². The van der Waals surface area contributed by atoms with Gasteiger partial charge in [-0.25, -0.2) is 0 Å². The van der Waals surface area contributed by atoms with Gasteiger partial charge in [-0.15, -0.1) is 0 Å². The second kappa shape index (κ2) is 6.46. The maximum Gasteiger partial charge on any atom is 0.303 e. The van der Waals surface area contributed by atoms with Crippen molar-refractivity contribution in [1.29, 1.82) is 0 Å². The highest BCUT2D eigenvalue weighted by atomic mass is 35.5. The molecule has 0 aromatic heterocycles. The van der Waals surface area contributed by atoms with E-state index in [1.54, 1.807) is 0 Å². The summed E-state index contributed by atoms with van der Waals surface area (Å²) in [5, 5.41) is 2.75. The highest BCUT2D eigenvalue weighted by Gasteiger charge is 2.16. The van der Waals surface area contributed by atoms with E-state index in [1.165, 1.54) is 12.5 Å². The Kier molecular flexibility index (Phi) is 4.86. The molecular weight excluding hydrogens is 286 g/mol. The summed E-state index contributed by atoms with van der Waals surface area (Å²) in [6, 6.07) is 10.1. The van der Waals surface area contributed by atoms with Crippen molar-refractivity contribution in [2.24, 2.45) is 0 Å². The maximum atomic E-state index is 11.2. The SMILES string of the molecule is CC(=O)OC(C)c1c(Cl)ccc2cc(CN(C)C)ccc12. The lowest BCUT2D eigenvalue weighted by molar-refractivity contribution is -0.145. The number of ether oxygens (including phenoxy) is 1. The molecule has 21 heavy (non-hydrogen) atoms. The molecule has 2 aromatic carbocycles. The Morgan fingerprint density at radius 3 is 2.62 bits per heavy atom. The average molecular weight is 306 g/mol. The quantitative estimate of drug-likeness (QED) is 0.794. The van der Waals surface area contributed by atoms with Crippen molar-refractivity contribution in [2.45, 2.75) is 26.5 Å². The van der Waals surface area contributed by atoms with Crippen molar-refractivity contribution in [3.63, 3.8) is 0 Å². The second-order valence-electron chi connectivity index (χ2n) is 5.51. The third-order valence-electron chi connectivity index (χ3n) is 3.32. The second-order valence-corrected chi connectivity index (χ2v) is 5.91. The number of fused-ring (bicyclic) bond motifs is 1. The molecule has 0 aliphatic carbocycles. The summed E-state index contributed by atoms with van der Waals surface area (Å²) < 4.78 is 5.29. The number of carbonyl (C=O) groups excluding carboxylic acids is 1. The fraction of sp³-hybridized carbons (Fsp3) is 0.353. The van der Waals surface area contributed by atoms with E-state index in [2.05, 4.69) is 23.1 Å². The Morgan fingerprint density at radius 2 is 2.00 bits per heavy atom. The van der Waals surface area contributed by atoms with Crippen LogP contribution in [0.3, 0.4) is 0 Å². The lowest BCUT2D eigenvalue weighted by Gasteiger charge is -2.17. The van der Waals surface area contributed by atoms with E-state index in [9.17, 15) is 4.79 Å². The van der Waals surface area contributed by atoms with Gasteiger partial charge in [0, 0.05) is 24.1 Å². The third-order valence-corrected chi connectivity index (χ3v) is 3.65. The monoisotopic (exact) mass is 305 g/mol. The van der Waals surface area contributed by atoms with Crippen LogP contribution >= 0.6 is 11.6 Å². The van der Waals surface area contributed by atoms with E-state index in [-0.39, 0.29) is 12.1 Å². The Morgan fingerprint density at radius 1 is 1.29 bits per heavy atom. The fourth-order valence-electron chi connectivity index (χ4n) is 2.56. The minimum atomic E-state index is -0.363. The molecule has 0 fully saturated rings. The molecule has 112 valence electrons. The minimum absolute atomic E-state index is 0.306. The van der Waals surface area contributed by atoms with Gasteiger partial charge < -0.3 is 9.64 Å². The third kappa shape index (κ3) is 3.74. The molecule has 3 nitrogen and oxygen atoms in total. The normalized spacial score (nSPS) is 12.7. The molecule has 0 spiro atoms. The highest BCUT2D eigenvalue weighted by Crippen LogP contribution is 2.33. The molecule has 0 radical (unpaired) electrons. The lowest BCUT2D eigenvalue weighted by Crippen LogP contribution is -2.10. The molecule has 0 heterocycles. The molecule has 1 atom stereocenters. The summed E-state index contributed by atoms with van der Waals surface area (Å²) >= 11 is 6.31. The average Bonchev–Trinajstić information content (AvgIpc) is 2.37. The zero-order chi connectivity index (χ0) is 15.6. The predicted octanol–water partition coefficient (Wildman–Crippen LogP) is 4.18. The van der Waals surface area contributed by atoms with Crippen LogP contribution in [0.4, 0.5) is 0 Å². The van der Waals surface area contributed by atoms with Crippen LogP contribution in [0.1, 0.15) is 31.1 Å². The summed E-state index contributed by atoms with van der Waals surface area (Å²) in [5.41, 5.74) is 2.10. The van der Waals surface area contributed by atoms with Crippen molar-refractivity contribution >= 4 is 28.3 Å². The van der Waals surface area contributed by atoms with Crippen molar-refractivity contribution < 1.29 is 9.53 Å². The molecule has 2 aromatic rings. The molecule has 0 aliphatic rings. The van der Waals surface area contributed by atoms with E-state index in [0.717, 1.165) is 22.9 Å². The van der Waals surface area contributed by atoms with Gasteiger partial charge in [0.25, 0.3) is 0 Å². The first-order chi connectivity index (χ1) is 9.88. The Hall–Kier alpha value is -1.58. The number of nitrogens with zero attached hydrogens (tertiary/aromatic N) is 1. The fourth-order valence-corrected chi connectivity index (χ4v) is 2.88. The van der Waals surface area contributed by atoms with Crippen molar-refractivity contribution in [3.05, 3.63) is 46.5 Å². The van der Waals surface area contributed by atoms with E-state index in [0.29, 0.717) is 5.02 Å². The standard InChI is InChI=1S/C17H20ClNO2/c1-11(21-12(2)20)17-15-7-5-13(10-19(3)4)9-14(15)6-8-16(17)18/h5-9,11H,10H2,1-4H3. The van der Waals surface area contributed by atoms with Gasteiger partial charge in [-0.1, -0.05) is 29.8 Å². The molecule has 0 bridgehead atoms. The molecule has 0 N–H and O–H groups in total. The van der Waals surface area contributed by atoms with Gasteiger partial charge in [0.15, 0.2) is 0 Å². The summed E-state index contributed by atoms with van der Waals surface area (Å²) in [4.78, 5) is 13.3. The van der Waals surface area contributed by atoms with Gasteiger partial charge in [0.1, 0.15) is 6.10 Å². The van der Waals surface area contributed by atoms with Crippen LogP contribution in [-0.2, 0) is 16.1 Å². The van der Waals surface area contributed by atoms with E-state index >= 15 is 0 Å². The summed E-state index contributed by atoms with van der Waals surface area (Å²) in [6.45, 7) is 4.13. The minimum Gasteiger partial charge on any atom is -0.458 e. The van der Waals surface area contributed by atoms with Crippen molar-refractivity contribution in [3.8, 4) is 0 Å². The predicted molar refractivity (Wildman–Crippen MR) is 86.5 cm³/mol. The molecular formula is C17H20ClNO2. The number of esters is 1. The number of benzene rings is 2. The zero-order valence-corrected chi connectivity index (χ0v) is 13.6. The van der Waals surface area contributed by atoms with Crippen LogP contribution < -0.4 is 0 Å². The Balaban J connectivity index is 2.49. The van der Waals surface area contributed by atoms with Gasteiger partial charge in [0.05, 0.1) is 0 Å². The number of hydrogen-bond acceptors (Lipinski definition) is 3. The smallest absolute Gasteiger partial charge is 0.303 e. The molecule has 0 saturated carbocycles. The maximum absolute atomic E-state index is 11.2. The Bertz CT molecular complexity index is 667. The molecule has 0 amide bonds. The van der Waals surface area contributed by atoms with Crippen LogP contribution in [0.2, 0.25) is 5.02 Å². The van der Waals surface area contributed by atoms with Gasteiger partial charge in [-0.3, -0.25) is 4.79 Å². The summed E-state index contributed by atoms with van der Waals surface area (Å²) in [7, 11) is 4.08. The first-order valence-electron chi connectivity index (χ1n) is 6.91. The first-order valence-corrected chi connectivity index (χ1v) is 7.29. The zero-order valence-electron chi connectivity index (χ0n) is 12.8. The molecule has 0 aliphatic heterocycles. The lowest BCUT2D eigenvalue weighted by atomic mass is 9.99. The van der Waals surface area contributed by atoms with Crippen LogP contribution in [0.5, 0.6) is 0 Å². The highest BCUT2D eigenvalue weighted by molar-refractivity contribution is 6.32. The van der Waals surface area contributed by atoms with E-state index in [1.807, 2.05) is 33.2 Å². The molecule has 2 rings (SSSR count). The first kappa shape index (κ1) is 15.8. The summed E-state index contributed by atoms with van der Waals surface area (Å²) in [5.74, 6) is -0.306. The van der Waals surface area contributed by atoms with Gasteiger partial charge >= 0.3 is 5.97 Å². The van der Waals surface area contributed by atoms with Crippen LogP contribution in [0, 0.1) is 0 Å². The van der Waals surface area contributed by atoms with Crippen LogP contribution in [-0.4, -0.2) is 25.0 Å². The molecule has 0 saturated heterocycles. The number of halogens is 1. The van der Waals surface area contributed by atoms with Gasteiger partial charge in [0.2, 0.25) is 0 Å². The Labute approximate surface area is 130 Å². The number of hydrogen-bond donors (Lipinski definition) is 0. The van der Waals surface area contributed by atoms with Crippen LogP contribution in [0.15, 0.2) is 30.3 Å². The number of rotatable bonds is 4.